The van der Waals surface area contributed by atoms with Crippen LogP contribution < -0.4 is 5.56 Å². The number of halogens is 1. The van der Waals surface area contributed by atoms with Gasteiger partial charge in [0.15, 0.2) is 0 Å². The van der Waals surface area contributed by atoms with Gasteiger partial charge in [-0.1, -0.05) is 24.3 Å². The standard InChI is InChI=1S/C17H16N2O.ClH/c1-11-7-6-10-16(12(11)2)19-13(3)18-15-9-5-4-8-14(15)17(19)20;/h4-10H,1-3H3;1H. The molecule has 0 bridgehead atoms. The van der Waals surface area contributed by atoms with Crippen LogP contribution in [0.4, 0.5) is 0 Å². The molecule has 0 saturated heterocycles. The molecular weight excluding hydrogens is 284 g/mol. The number of aromatic nitrogens is 2. The summed E-state index contributed by atoms with van der Waals surface area (Å²) in [4.78, 5) is 17.3. The molecule has 0 N–H and O–H groups in total. The number of fused-ring (bicyclic) bond motifs is 1. The lowest BCUT2D eigenvalue weighted by molar-refractivity contribution is 0.885. The molecule has 0 aliphatic heterocycles. The molecule has 0 atom stereocenters. The number of para-hydroxylation sites is 1. The summed E-state index contributed by atoms with van der Waals surface area (Å²) in [6.45, 7) is 5.95. The van der Waals surface area contributed by atoms with Gasteiger partial charge in [0.2, 0.25) is 0 Å². The molecule has 108 valence electrons. The molecule has 0 aliphatic carbocycles. The molecule has 3 nitrogen and oxygen atoms in total. The quantitative estimate of drug-likeness (QED) is 0.686. The van der Waals surface area contributed by atoms with E-state index in [-0.39, 0.29) is 18.0 Å². The highest BCUT2D eigenvalue weighted by Gasteiger charge is 2.11. The van der Waals surface area contributed by atoms with Gasteiger partial charge in [-0.15, -0.1) is 12.4 Å². The van der Waals surface area contributed by atoms with Crippen LogP contribution in [0.5, 0.6) is 0 Å². The first-order valence-corrected chi connectivity index (χ1v) is 6.64. The Bertz CT molecular complexity index is 868. The van der Waals surface area contributed by atoms with Gasteiger partial charge in [-0.3, -0.25) is 9.36 Å². The van der Waals surface area contributed by atoms with Crippen molar-refractivity contribution in [3.8, 4) is 5.69 Å². The molecule has 0 spiro atoms. The Morgan fingerprint density at radius 2 is 1.67 bits per heavy atom. The molecule has 0 amide bonds. The van der Waals surface area contributed by atoms with E-state index in [4.69, 9.17) is 0 Å². The zero-order valence-corrected chi connectivity index (χ0v) is 13.1. The van der Waals surface area contributed by atoms with Crippen LogP contribution in [0.15, 0.2) is 47.3 Å². The van der Waals surface area contributed by atoms with Crippen LogP contribution in [0.3, 0.4) is 0 Å². The van der Waals surface area contributed by atoms with Gasteiger partial charge in [0, 0.05) is 0 Å². The van der Waals surface area contributed by atoms with Crippen molar-refractivity contribution in [2.24, 2.45) is 0 Å². The highest BCUT2D eigenvalue weighted by atomic mass is 35.5. The molecule has 2 aromatic carbocycles. The third-order valence-electron chi connectivity index (χ3n) is 3.76. The van der Waals surface area contributed by atoms with Gasteiger partial charge < -0.3 is 0 Å². The van der Waals surface area contributed by atoms with E-state index in [1.165, 1.54) is 5.56 Å². The van der Waals surface area contributed by atoms with Crippen LogP contribution in [-0.2, 0) is 0 Å². The predicted molar refractivity (Wildman–Crippen MR) is 88.8 cm³/mol. The highest BCUT2D eigenvalue weighted by Crippen LogP contribution is 2.18. The summed E-state index contributed by atoms with van der Waals surface area (Å²) >= 11 is 0. The Morgan fingerprint density at radius 1 is 0.952 bits per heavy atom. The molecule has 1 aromatic heterocycles. The average Bonchev–Trinajstić information content (AvgIpc) is 2.43. The number of hydrogen-bond acceptors (Lipinski definition) is 2. The fraction of sp³-hybridized carbons (Fsp3) is 0.176. The fourth-order valence-corrected chi connectivity index (χ4v) is 2.51. The first kappa shape index (κ1) is 15.3. The van der Waals surface area contributed by atoms with Crippen molar-refractivity contribution < 1.29 is 0 Å². The zero-order chi connectivity index (χ0) is 14.3. The Hall–Kier alpha value is -2.13. The molecule has 0 fully saturated rings. The van der Waals surface area contributed by atoms with Crippen molar-refractivity contribution in [3.63, 3.8) is 0 Å². The summed E-state index contributed by atoms with van der Waals surface area (Å²) < 4.78 is 1.70. The molecule has 0 radical (unpaired) electrons. The van der Waals surface area contributed by atoms with Crippen LogP contribution in [0, 0.1) is 20.8 Å². The molecule has 4 heteroatoms. The van der Waals surface area contributed by atoms with Crippen molar-refractivity contribution in [1.29, 1.82) is 0 Å². The van der Waals surface area contributed by atoms with Crippen LogP contribution in [0.1, 0.15) is 17.0 Å². The third-order valence-corrected chi connectivity index (χ3v) is 3.76. The molecule has 21 heavy (non-hydrogen) atoms. The minimum Gasteiger partial charge on any atom is -0.268 e. The summed E-state index contributed by atoms with van der Waals surface area (Å²) in [5.74, 6) is 0.711. The van der Waals surface area contributed by atoms with Crippen LogP contribution >= 0.6 is 12.4 Å². The lowest BCUT2D eigenvalue weighted by atomic mass is 10.1. The van der Waals surface area contributed by atoms with E-state index in [2.05, 4.69) is 4.98 Å². The number of aryl methyl sites for hydroxylation is 2. The number of nitrogens with zero attached hydrogens (tertiary/aromatic N) is 2. The number of benzene rings is 2. The summed E-state index contributed by atoms with van der Waals surface area (Å²) in [6, 6.07) is 13.5. The monoisotopic (exact) mass is 300 g/mol. The first-order valence-electron chi connectivity index (χ1n) is 6.64. The summed E-state index contributed by atoms with van der Waals surface area (Å²) in [6.07, 6.45) is 0. The maximum Gasteiger partial charge on any atom is 0.265 e. The second kappa shape index (κ2) is 5.70. The van der Waals surface area contributed by atoms with Crippen molar-refractivity contribution >= 4 is 23.3 Å². The molecule has 0 aliphatic rings. The molecular formula is C17H17ClN2O. The van der Waals surface area contributed by atoms with Crippen molar-refractivity contribution in [1.82, 2.24) is 9.55 Å². The predicted octanol–water partition coefficient (Wildman–Crippen LogP) is 3.73. The SMILES string of the molecule is Cc1cccc(-n2c(C)nc3ccccc3c2=O)c1C.Cl. The average molecular weight is 301 g/mol. The molecule has 0 saturated carbocycles. The van der Waals surface area contributed by atoms with Crippen molar-refractivity contribution in [2.75, 3.05) is 0 Å². The maximum atomic E-state index is 12.7. The van der Waals surface area contributed by atoms with Crippen molar-refractivity contribution in [2.45, 2.75) is 20.8 Å². The van der Waals surface area contributed by atoms with Gasteiger partial charge in [0.05, 0.1) is 16.6 Å². The second-order valence-electron chi connectivity index (χ2n) is 5.04. The smallest absolute Gasteiger partial charge is 0.265 e. The minimum atomic E-state index is -0.0122. The van der Waals surface area contributed by atoms with Gasteiger partial charge in [0.1, 0.15) is 5.82 Å². The first-order chi connectivity index (χ1) is 9.59. The van der Waals surface area contributed by atoms with Crippen molar-refractivity contribution in [3.05, 3.63) is 69.8 Å². The summed E-state index contributed by atoms with van der Waals surface area (Å²) in [7, 11) is 0. The lowest BCUT2D eigenvalue weighted by Crippen LogP contribution is -2.23. The highest BCUT2D eigenvalue weighted by molar-refractivity contribution is 5.85. The van der Waals surface area contributed by atoms with Gasteiger partial charge in [0.25, 0.3) is 5.56 Å². The van der Waals surface area contributed by atoms with Crippen LogP contribution in [0.25, 0.3) is 16.6 Å². The fourth-order valence-electron chi connectivity index (χ4n) is 2.51. The summed E-state index contributed by atoms with van der Waals surface area (Å²) in [5.41, 5.74) is 3.92. The largest absolute Gasteiger partial charge is 0.268 e. The Balaban J connectivity index is 0.00000161. The Kier molecular flexibility index (Phi) is 4.14. The Labute approximate surface area is 129 Å². The minimum absolute atomic E-state index is 0. The molecule has 3 rings (SSSR count). The molecule has 0 unspecified atom stereocenters. The molecule has 1 heterocycles. The van der Waals surface area contributed by atoms with E-state index in [0.29, 0.717) is 11.2 Å². The van der Waals surface area contributed by atoms with Crippen LogP contribution in [-0.4, -0.2) is 9.55 Å². The number of rotatable bonds is 1. The van der Waals surface area contributed by atoms with E-state index in [1.807, 2.05) is 63.2 Å². The number of hydrogen-bond donors (Lipinski definition) is 0. The maximum absolute atomic E-state index is 12.7. The van der Waals surface area contributed by atoms with E-state index in [1.54, 1.807) is 4.57 Å². The van der Waals surface area contributed by atoms with Crippen LogP contribution in [0.2, 0.25) is 0 Å². The normalized spacial score (nSPS) is 10.4. The lowest BCUT2D eigenvalue weighted by Gasteiger charge is -2.14. The van der Waals surface area contributed by atoms with Gasteiger partial charge in [-0.2, -0.15) is 0 Å². The summed E-state index contributed by atoms with van der Waals surface area (Å²) in [5, 5.41) is 0.652. The van der Waals surface area contributed by atoms with Gasteiger partial charge in [-0.05, 0) is 50.1 Å². The topological polar surface area (TPSA) is 34.9 Å². The Morgan fingerprint density at radius 3 is 2.43 bits per heavy atom. The second-order valence-corrected chi connectivity index (χ2v) is 5.04. The zero-order valence-electron chi connectivity index (χ0n) is 12.3. The van der Waals surface area contributed by atoms with E-state index >= 15 is 0 Å². The van der Waals surface area contributed by atoms with Gasteiger partial charge in [-0.25, -0.2) is 4.98 Å². The van der Waals surface area contributed by atoms with E-state index in [0.717, 1.165) is 16.8 Å². The van der Waals surface area contributed by atoms with E-state index in [9.17, 15) is 4.79 Å². The van der Waals surface area contributed by atoms with Gasteiger partial charge >= 0.3 is 0 Å². The molecule has 3 aromatic rings. The third kappa shape index (κ3) is 2.45. The van der Waals surface area contributed by atoms with E-state index < -0.39 is 0 Å².